The van der Waals surface area contributed by atoms with Gasteiger partial charge in [0, 0.05) is 6.07 Å². The molecule has 0 atom stereocenters. The first-order valence-corrected chi connectivity index (χ1v) is 5.46. The number of hydrogen-bond acceptors (Lipinski definition) is 5. The third kappa shape index (κ3) is 6.79. The quantitative estimate of drug-likeness (QED) is 0.424. The van der Waals surface area contributed by atoms with Crippen LogP contribution in [0.3, 0.4) is 0 Å². The van der Waals surface area contributed by atoms with Crippen molar-refractivity contribution in [1.82, 2.24) is 0 Å². The Hall–Kier alpha value is -1.70. The lowest BCUT2D eigenvalue weighted by Gasteiger charge is -2.08. The Balaban J connectivity index is 0.000000331. The van der Waals surface area contributed by atoms with Crippen LogP contribution in [0.5, 0.6) is 5.75 Å². The zero-order valence-electron chi connectivity index (χ0n) is 10.2. The van der Waals surface area contributed by atoms with Crippen molar-refractivity contribution in [3.8, 4) is 5.75 Å². The molecule has 0 aromatic heterocycles. The predicted molar refractivity (Wildman–Crippen MR) is 63.3 cm³/mol. The van der Waals surface area contributed by atoms with Crippen LogP contribution in [0.4, 0.5) is 5.69 Å². The summed E-state index contributed by atoms with van der Waals surface area (Å²) < 4.78 is 0. The molecular weight excluding hydrogens is 240 g/mol. The van der Waals surface area contributed by atoms with Crippen molar-refractivity contribution in [2.75, 3.05) is 33.4 Å². The number of nitrogens with one attached hydrogen (secondary N) is 1. The summed E-state index contributed by atoms with van der Waals surface area (Å²) in [6.07, 6.45) is 0. The molecule has 1 rings (SSSR count). The minimum absolute atomic E-state index is 0.200. The Kier molecular flexibility index (Phi) is 8.46. The number of nitro groups is 1. The van der Waals surface area contributed by atoms with Crippen LogP contribution in [0.15, 0.2) is 24.3 Å². The minimum atomic E-state index is -0.692. The second kappa shape index (κ2) is 9.34. The summed E-state index contributed by atoms with van der Waals surface area (Å²) in [5, 5.41) is 37.4. The molecule has 18 heavy (non-hydrogen) atoms. The van der Waals surface area contributed by atoms with Crippen molar-refractivity contribution in [1.29, 1.82) is 0 Å². The summed E-state index contributed by atoms with van der Waals surface area (Å²) in [7, 11) is 1.94. The first kappa shape index (κ1) is 16.3. The van der Waals surface area contributed by atoms with Crippen molar-refractivity contribution in [2.24, 2.45) is 0 Å². The van der Waals surface area contributed by atoms with Crippen LogP contribution in [0.1, 0.15) is 0 Å². The molecule has 102 valence electrons. The van der Waals surface area contributed by atoms with E-state index in [9.17, 15) is 15.2 Å². The van der Waals surface area contributed by atoms with Crippen molar-refractivity contribution in [3.63, 3.8) is 0 Å². The van der Waals surface area contributed by atoms with Crippen LogP contribution < -0.4 is 10.0 Å². The zero-order valence-corrected chi connectivity index (χ0v) is 10.2. The number of nitro benzene ring substituents is 1. The number of likely N-dealkylation sites (N-methyl/N-ethyl adjacent to an activating group) is 1. The molecule has 1 aromatic rings. The number of rotatable bonds is 5. The maximum absolute atomic E-state index is 10.6. The van der Waals surface area contributed by atoms with Crippen molar-refractivity contribution in [3.05, 3.63) is 34.4 Å². The van der Waals surface area contributed by atoms with Gasteiger partial charge in [0.25, 0.3) is 5.69 Å². The van der Waals surface area contributed by atoms with Crippen LogP contribution >= 0.6 is 0 Å². The number of para-hydroxylation sites is 2. The van der Waals surface area contributed by atoms with Crippen LogP contribution in [0, 0.1) is 10.1 Å². The zero-order chi connectivity index (χ0) is 14.0. The van der Waals surface area contributed by atoms with Crippen LogP contribution in [-0.2, 0) is 0 Å². The molecule has 0 aliphatic rings. The molecule has 0 amide bonds. The highest BCUT2D eigenvalue weighted by Crippen LogP contribution is 2.20. The van der Waals surface area contributed by atoms with Gasteiger partial charge in [-0.25, -0.2) is 0 Å². The highest BCUT2D eigenvalue weighted by atomic mass is 16.6. The molecule has 0 aliphatic carbocycles. The van der Waals surface area contributed by atoms with Gasteiger partial charge in [0.1, 0.15) is 13.1 Å². The van der Waals surface area contributed by atoms with E-state index in [1.807, 2.05) is 7.05 Å². The highest BCUT2D eigenvalue weighted by molar-refractivity contribution is 5.43. The minimum Gasteiger partial charge on any atom is -0.868 e. The van der Waals surface area contributed by atoms with E-state index in [0.717, 1.165) is 24.1 Å². The molecule has 0 unspecified atom stereocenters. The van der Waals surface area contributed by atoms with Gasteiger partial charge < -0.3 is 20.2 Å². The highest BCUT2D eigenvalue weighted by Gasteiger charge is 2.02. The average molecular weight is 258 g/mol. The molecule has 0 radical (unpaired) electrons. The van der Waals surface area contributed by atoms with Crippen molar-refractivity contribution < 1.29 is 25.1 Å². The number of benzene rings is 1. The van der Waals surface area contributed by atoms with E-state index in [4.69, 9.17) is 10.2 Å². The maximum Gasteiger partial charge on any atom is 0.261 e. The van der Waals surface area contributed by atoms with E-state index in [1.165, 1.54) is 18.2 Å². The summed E-state index contributed by atoms with van der Waals surface area (Å²) in [4.78, 5) is 10.5. The van der Waals surface area contributed by atoms with E-state index >= 15 is 0 Å². The SMILES string of the molecule is C[NH+](CCO)CCO.O=[N+]([O-])c1ccccc1[O-]. The molecule has 0 spiro atoms. The second-order valence-electron chi connectivity index (χ2n) is 3.63. The lowest BCUT2D eigenvalue weighted by molar-refractivity contribution is -0.880. The fourth-order valence-corrected chi connectivity index (χ4v) is 1.11. The molecule has 7 nitrogen and oxygen atoms in total. The lowest BCUT2D eigenvalue weighted by atomic mass is 10.3. The van der Waals surface area contributed by atoms with Crippen LogP contribution in [0.2, 0.25) is 0 Å². The smallest absolute Gasteiger partial charge is 0.261 e. The van der Waals surface area contributed by atoms with Gasteiger partial charge in [0.2, 0.25) is 0 Å². The van der Waals surface area contributed by atoms with Gasteiger partial charge in [-0.05, 0) is 5.75 Å². The average Bonchev–Trinajstić information content (AvgIpc) is 2.30. The maximum atomic E-state index is 10.6. The van der Waals surface area contributed by atoms with Gasteiger partial charge in [-0.2, -0.15) is 0 Å². The molecule has 0 saturated carbocycles. The Morgan fingerprint density at radius 2 is 1.72 bits per heavy atom. The molecule has 0 heterocycles. The first-order valence-electron chi connectivity index (χ1n) is 5.46. The molecule has 0 bridgehead atoms. The summed E-state index contributed by atoms with van der Waals surface area (Å²) >= 11 is 0. The Bertz CT molecular complexity index is 353. The number of aliphatic hydroxyl groups excluding tert-OH is 2. The molecule has 3 N–H and O–H groups in total. The summed E-state index contributed by atoms with van der Waals surface area (Å²) in [5.74, 6) is -0.549. The van der Waals surface area contributed by atoms with Crippen LogP contribution in [-0.4, -0.2) is 48.5 Å². The summed E-state index contributed by atoms with van der Waals surface area (Å²) in [6.45, 7) is 1.85. The van der Waals surface area contributed by atoms with E-state index < -0.39 is 10.7 Å². The molecule has 1 aromatic carbocycles. The van der Waals surface area contributed by atoms with Gasteiger partial charge in [0.15, 0.2) is 0 Å². The third-order valence-electron chi connectivity index (χ3n) is 2.14. The normalized spacial score (nSPS) is 9.78. The number of quaternary nitrogens is 1. The fraction of sp³-hybridized carbons (Fsp3) is 0.455. The number of hydrogen-bond donors (Lipinski definition) is 3. The molecule has 0 fully saturated rings. The van der Waals surface area contributed by atoms with Gasteiger partial charge in [-0.3, -0.25) is 10.1 Å². The topological polar surface area (TPSA) is 111 Å². The monoisotopic (exact) mass is 258 g/mol. The molecular formula is C11H18N2O5. The van der Waals surface area contributed by atoms with E-state index in [2.05, 4.69) is 0 Å². The fourth-order valence-electron chi connectivity index (χ4n) is 1.11. The number of aliphatic hydroxyl groups is 2. The molecule has 0 saturated heterocycles. The third-order valence-corrected chi connectivity index (χ3v) is 2.14. The van der Waals surface area contributed by atoms with E-state index in [-0.39, 0.29) is 18.9 Å². The number of nitrogens with zero attached hydrogens (tertiary/aromatic N) is 1. The van der Waals surface area contributed by atoms with Crippen molar-refractivity contribution in [2.45, 2.75) is 0 Å². The standard InChI is InChI=1S/C6H5NO3.C5H13NO2/c8-6-4-2-1-3-5(6)7(9)10;1-6(2-4-7)3-5-8/h1-4,8H;7-8H,2-5H2,1H3. The van der Waals surface area contributed by atoms with Crippen molar-refractivity contribution >= 4 is 5.69 Å². The van der Waals surface area contributed by atoms with Gasteiger partial charge in [0.05, 0.1) is 25.2 Å². The second-order valence-corrected chi connectivity index (χ2v) is 3.63. The predicted octanol–water partition coefficient (Wildman–Crippen LogP) is -1.85. The van der Waals surface area contributed by atoms with E-state index in [0.29, 0.717) is 0 Å². The summed E-state index contributed by atoms with van der Waals surface area (Å²) in [5.41, 5.74) is -0.373. The molecule has 7 heteroatoms. The van der Waals surface area contributed by atoms with Gasteiger partial charge in [-0.1, -0.05) is 18.2 Å². The summed E-state index contributed by atoms with van der Waals surface area (Å²) in [6, 6.07) is 5.27. The Morgan fingerprint density at radius 3 is 2.06 bits per heavy atom. The van der Waals surface area contributed by atoms with E-state index in [1.54, 1.807) is 0 Å². The van der Waals surface area contributed by atoms with Gasteiger partial charge in [-0.15, -0.1) is 0 Å². The van der Waals surface area contributed by atoms with Gasteiger partial charge >= 0.3 is 0 Å². The first-order chi connectivity index (χ1) is 8.52. The molecule has 0 aliphatic heterocycles. The largest absolute Gasteiger partial charge is 0.868 e. The lowest BCUT2D eigenvalue weighted by Crippen LogP contribution is -3.10. The Labute approximate surface area is 105 Å². The van der Waals surface area contributed by atoms with Crippen LogP contribution in [0.25, 0.3) is 0 Å². The Morgan fingerprint density at radius 1 is 1.22 bits per heavy atom.